The molecule has 2 rings (SSSR count). The first-order valence-corrected chi connectivity index (χ1v) is 5.19. The lowest BCUT2D eigenvalue weighted by Gasteiger charge is -2.26. The largest absolute Gasteiger partial charge is 0.378 e. The van der Waals surface area contributed by atoms with Crippen LogP contribution in [0.4, 0.5) is 5.69 Å². The number of hydrogen-bond donors (Lipinski definition) is 0. The highest BCUT2D eigenvalue weighted by Crippen LogP contribution is 2.08. The summed E-state index contributed by atoms with van der Waals surface area (Å²) in [6.07, 6.45) is 2.38. The average Bonchev–Trinajstić information content (AvgIpc) is 2.79. The van der Waals surface area contributed by atoms with E-state index in [1.165, 1.54) is 10.9 Å². The highest BCUT2D eigenvalue weighted by Gasteiger charge is 2.18. The Morgan fingerprint density at radius 2 is 2.24 bits per heavy atom. The van der Waals surface area contributed by atoms with Crippen molar-refractivity contribution in [1.29, 1.82) is 0 Å². The van der Waals surface area contributed by atoms with Gasteiger partial charge in [0.2, 0.25) is 5.91 Å². The molecule has 1 aromatic rings. The minimum absolute atomic E-state index is 0.0217. The zero-order valence-electron chi connectivity index (χ0n) is 9.11. The molecule has 0 radical (unpaired) electrons. The fraction of sp³-hybridized carbons (Fsp3) is 0.556. The fourth-order valence-corrected chi connectivity index (χ4v) is 1.58. The van der Waals surface area contributed by atoms with E-state index in [1.807, 2.05) is 0 Å². The third kappa shape index (κ3) is 2.78. The number of morpholine rings is 1. The van der Waals surface area contributed by atoms with Crippen molar-refractivity contribution in [2.45, 2.75) is 6.54 Å². The summed E-state index contributed by atoms with van der Waals surface area (Å²) in [7, 11) is 0. The number of rotatable bonds is 3. The monoisotopic (exact) mass is 240 g/mol. The summed E-state index contributed by atoms with van der Waals surface area (Å²) in [6.45, 7) is 2.20. The van der Waals surface area contributed by atoms with E-state index < -0.39 is 4.92 Å². The van der Waals surface area contributed by atoms with E-state index in [-0.39, 0.29) is 18.1 Å². The van der Waals surface area contributed by atoms with Crippen LogP contribution in [0, 0.1) is 10.1 Å². The second-order valence-corrected chi connectivity index (χ2v) is 3.65. The maximum atomic E-state index is 11.8. The van der Waals surface area contributed by atoms with Crippen molar-refractivity contribution in [1.82, 2.24) is 14.7 Å². The van der Waals surface area contributed by atoms with E-state index in [2.05, 4.69) is 5.10 Å². The number of amides is 1. The van der Waals surface area contributed by atoms with Gasteiger partial charge in [-0.05, 0) is 0 Å². The number of nitrogens with zero attached hydrogens (tertiary/aromatic N) is 4. The van der Waals surface area contributed by atoms with E-state index in [1.54, 1.807) is 4.90 Å². The van der Waals surface area contributed by atoms with Gasteiger partial charge in [-0.1, -0.05) is 0 Å². The van der Waals surface area contributed by atoms with Crippen LogP contribution in [-0.2, 0) is 16.1 Å². The Morgan fingerprint density at radius 3 is 2.82 bits per heavy atom. The second-order valence-electron chi connectivity index (χ2n) is 3.65. The molecule has 1 saturated heterocycles. The van der Waals surface area contributed by atoms with Gasteiger partial charge in [0.05, 0.1) is 18.1 Å². The standard InChI is InChI=1S/C9H12N4O4/c14-9(11-1-3-17-4-2-11)7-12-6-8(5-10-12)13(15)16/h5-6H,1-4,7H2. The molecule has 0 saturated carbocycles. The minimum atomic E-state index is -0.539. The Morgan fingerprint density at radius 1 is 1.53 bits per heavy atom. The summed E-state index contributed by atoms with van der Waals surface area (Å²) in [4.78, 5) is 23.4. The Bertz CT molecular complexity index is 424. The van der Waals surface area contributed by atoms with Gasteiger partial charge in [-0.3, -0.25) is 19.6 Å². The number of nitro groups is 1. The maximum absolute atomic E-state index is 11.8. The van der Waals surface area contributed by atoms with E-state index in [9.17, 15) is 14.9 Å². The number of carbonyl (C=O) groups is 1. The van der Waals surface area contributed by atoms with Crippen molar-refractivity contribution in [2.24, 2.45) is 0 Å². The van der Waals surface area contributed by atoms with E-state index in [4.69, 9.17) is 4.74 Å². The molecule has 8 heteroatoms. The number of carbonyl (C=O) groups excluding carboxylic acids is 1. The number of hydrogen-bond acceptors (Lipinski definition) is 5. The molecule has 8 nitrogen and oxygen atoms in total. The summed E-state index contributed by atoms with van der Waals surface area (Å²) in [5, 5.41) is 14.2. The van der Waals surface area contributed by atoms with Gasteiger partial charge in [-0.25, -0.2) is 0 Å². The van der Waals surface area contributed by atoms with Crippen LogP contribution < -0.4 is 0 Å². The molecule has 1 aliphatic rings. The maximum Gasteiger partial charge on any atom is 0.307 e. The normalized spacial score (nSPS) is 15.9. The molecule has 0 bridgehead atoms. The van der Waals surface area contributed by atoms with Gasteiger partial charge in [0.25, 0.3) is 0 Å². The molecule has 0 spiro atoms. The molecule has 0 unspecified atom stereocenters. The summed E-state index contributed by atoms with van der Waals surface area (Å²) in [5.41, 5.74) is -0.111. The highest BCUT2D eigenvalue weighted by molar-refractivity contribution is 5.76. The minimum Gasteiger partial charge on any atom is -0.378 e. The van der Waals surface area contributed by atoms with Crippen LogP contribution in [0.2, 0.25) is 0 Å². The molecule has 0 aromatic carbocycles. The predicted octanol–water partition coefficient (Wildman–Crippen LogP) is -0.350. The third-order valence-corrected chi connectivity index (χ3v) is 2.49. The Labute approximate surface area is 96.9 Å². The number of aromatic nitrogens is 2. The quantitative estimate of drug-likeness (QED) is 0.532. The Kier molecular flexibility index (Phi) is 3.33. The van der Waals surface area contributed by atoms with Crippen LogP contribution in [-0.4, -0.2) is 51.8 Å². The van der Waals surface area contributed by atoms with Crippen LogP contribution in [0.5, 0.6) is 0 Å². The second kappa shape index (κ2) is 4.91. The van der Waals surface area contributed by atoms with Gasteiger partial charge in [0, 0.05) is 13.1 Å². The molecular weight excluding hydrogens is 228 g/mol. The summed E-state index contributed by atoms with van der Waals surface area (Å²) in [6, 6.07) is 0. The van der Waals surface area contributed by atoms with Gasteiger partial charge in [0.15, 0.2) is 0 Å². The van der Waals surface area contributed by atoms with Gasteiger partial charge in [-0.15, -0.1) is 0 Å². The van der Waals surface area contributed by atoms with Crippen LogP contribution in [0.15, 0.2) is 12.4 Å². The highest BCUT2D eigenvalue weighted by atomic mass is 16.6. The zero-order chi connectivity index (χ0) is 12.3. The molecule has 1 fully saturated rings. The fourth-order valence-electron chi connectivity index (χ4n) is 1.58. The molecule has 2 heterocycles. The van der Waals surface area contributed by atoms with Crippen LogP contribution in [0.25, 0.3) is 0 Å². The molecule has 92 valence electrons. The lowest BCUT2D eigenvalue weighted by atomic mass is 10.4. The van der Waals surface area contributed by atoms with Crippen molar-refractivity contribution >= 4 is 11.6 Å². The van der Waals surface area contributed by atoms with Gasteiger partial charge in [-0.2, -0.15) is 5.10 Å². The SMILES string of the molecule is O=C(Cn1cc([N+](=O)[O-])cn1)N1CCOCC1. The van der Waals surface area contributed by atoms with Crippen LogP contribution >= 0.6 is 0 Å². The first-order valence-electron chi connectivity index (χ1n) is 5.19. The Hall–Kier alpha value is -1.96. The van der Waals surface area contributed by atoms with E-state index in [0.717, 1.165) is 6.20 Å². The van der Waals surface area contributed by atoms with Crippen molar-refractivity contribution in [2.75, 3.05) is 26.3 Å². The van der Waals surface area contributed by atoms with Gasteiger partial charge >= 0.3 is 5.69 Å². The topological polar surface area (TPSA) is 90.5 Å². The lowest BCUT2D eigenvalue weighted by molar-refractivity contribution is -0.385. The molecule has 1 aliphatic heterocycles. The van der Waals surface area contributed by atoms with Gasteiger partial charge in [0.1, 0.15) is 18.9 Å². The van der Waals surface area contributed by atoms with Crippen LogP contribution in [0.3, 0.4) is 0 Å². The molecule has 1 aromatic heterocycles. The first-order chi connectivity index (χ1) is 8.16. The predicted molar refractivity (Wildman–Crippen MR) is 56.3 cm³/mol. The lowest BCUT2D eigenvalue weighted by Crippen LogP contribution is -2.42. The molecular formula is C9H12N4O4. The molecule has 0 aliphatic carbocycles. The van der Waals surface area contributed by atoms with Crippen molar-refractivity contribution in [3.8, 4) is 0 Å². The van der Waals surface area contributed by atoms with E-state index in [0.29, 0.717) is 26.3 Å². The van der Waals surface area contributed by atoms with Crippen molar-refractivity contribution in [3.05, 3.63) is 22.5 Å². The summed E-state index contributed by atoms with van der Waals surface area (Å²) >= 11 is 0. The molecule has 1 amide bonds. The third-order valence-electron chi connectivity index (χ3n) is 2.49. The summed E-state index contributed by atoms with van der Waals surface area (Å²) < 4.78 is 6.40. The smallest absolute Gasteiger partial charge is 0.307 e. The summed E-state index contributed by atoms with van der Waals surface area (Å²) in [5.74, 6) is -0.105. The van der Waals surface area contributed by atoms with Crippen molar-refractivity contribution < 1.29 is 14.5 Å². The van der Waals surface area contributed by atoms with Gasteiger partial charge < -0.3 is 9.64 Å². The Balaban J connectivity index is 1.94. The first kappa shape index (κ1) is 11.5. The van der Waals surface area contributed by atoms with E-state index >= 15 is 0 Å². The number of ether oxygens (including phenoxy) is 1. The molecule has 0 atom stereocenters. The molecule has 0 N–H and O–H groups in total. The molecule has 17 heavy (non-hydrogen) atoms. The van der Waals surface area contributed by atoms with Crippen molar-refractivity contribution in [3.63, 3.8) is 0 Å². The zero-order valence-corrected chi connectivity index (χ0v) is 9.11. The van der Waals surface area contributed by atoms with Crippen LogP contribution in [0.1, 0.15) is 0 Å². The average molecular weight is 240 g/mol.